The van der Waals surface area contributed by atoms with Gasteiger partial charge < -0.3 is 15.1 Å². The fourth-order valence-electron chi connectivity index (χ4n) is 4.34. The summed E-state index contributed by atoms with van der Waals surface area (Å²) < 4.78 is 14.0. The average Bonchev–Trinajstić information content (AvgIpc) is 2.76. The monoisotopic (exact) mass is 410 g/mol. The first-order chi connectivity index (χ1) is 14.6. The Morgan fingerprint density at radius 3 is 2.50 bits per heavy atom. The number of nitrogens with one attached hydrogen (secondary N) is 1. The van der Waals surface area contributed by atoms with Gasteiger partial charge in [-0.05, 0) is 56.8 Å². The van der Waals surface area contributed by atoms with Crippen LogP contribution in [0.25, 0.3) is 0 Å². The molecule has 0 saturated carbocycles. The number of nitrogens with zero attached hydrogens (tertiary/aromatic N) is 3. The Labute approximate surface area is 178 Å². The molecule has 160 valence electrons. The summed E-state index contributed by atoms with van der Waals surface area (Å²) in [7, 11) is 2.15. The van der Waals surface area contributed by atoms with Gasteiger partial charge in [-0.15, -0.1) is 0 Å². The predicted octanol–water partition coefficient (Wildman–Crippen LogP) is 2.97. The SMILES string of the molecule is CN1CCN(c2ccc(C(=O)NC3CCCN(Cc4ccccc4F)C3)cc2)CC1. The van der Waals surface area contributed by atoms with Gasteiger partial charge in [-0.3, -0.25) is 9.69 Å². The number of amides is 1. The number of halogens is 1. The number of benzene rings is 2. The maximum Gasteiger partial charge on any atom is 0.251 e. The van der Waals surface area contributed by atoms with E-state index in [0.29, 0.717) is 17.7 Å². The number of rotatable bonds is 5. The fourth-order valence-corrected chi connectivity index (χ4v) is 4.34. The Kier molecular flexibility index (Phi) is 6.65. The lowest BCUT2D eigenvalue weighted by atomic mass is 10.0. The van der Waals surface area contributed by atoms with Gasteiger partial charge in [-0.1, -0.05) is 18.2 Å². The number of piperidine rings is 1. The van der Waals surface area contributed by atoms with Gasteiger partial charge in [0, 0.05) is 62.1 Å². The summed E-state index contributed by atoms with van der Waals surface area (Å²) in [5.41, 5.74) is 2.58. The lowest BCUT2D eigenvalue weighted by Gasteiger charge is -2.34. The molecule has 1 N–H and O–H groups in total. The second-order valence-electron chi connectivity index (χ2n) is 8.48. The first kappa shape index (κ1) is 20.8. The first-order valence-corrected chi connectivity index (χ1v) is 10.9. The molecule has 2 fully saturated rings. The number of carbonyl (C=O) groups is 1. The van der Waals surface area contributed by atoms with E-state index < -0.39 is 0 Å². The Bertz CT molecular complexity index is 849. The number of anilines is 1. The zero-order valence-corrected chi connectivity index (χ0v) is 17.7. The predicted molar refractivity (Wildman–Crippen MR) is 118 cm³/mol. The highest BCUT2D eigenvalue weighted by Gasteiger charge is 2.23. The van der Waals surface area contributed by atoms with Crippen molar-refractivity contribution in [3.63, 3.8) is 0 Å². The minimum Gasteiger partial charge on any atom is -0.369 e. The van der Waals surface area contributed by atoms with Crippen LogP contribution in [-0.4, -0.2) is 68.1 Å². The van der Waals surface area contributed by atoms with Crippen LogP contribution in [0, 0.1) is 5.82 Å². The molecule has 2 saturated heterocycles. The van der Waals surface area contributed by atoms with Crippen LogP contribution in [0.4, 0.5) is 10.1 Å². The van der Waals surface area contributed by atoms with Gasteiger partial charge in [0.15, 0.2) is 0 Å². The van der Waals surface area contributed by atoms with E-state index in [0.717, 1.165) is 52.1 Å². The van der Waals surface area contributed by atoms with Crippen molar-refractivity contribution < 1.29 is 9.18 Å². The molecule has 0 bridgehead atoms. The summed E-state index contributed by atoms with van der Waals surface area (Å²) in [6, 6.07) is 14.9. The van der Waals surface area contributed by atoms with E-state index in [4.69, 9.17) is 0 Å². The molecular weight excluding hydrogens is 379 g/mol. The van der Waals surface area contributed by atoms with Crippen molar-refractivity contribution in [1.29, 1.82) is 0 Å². The molecule has 0 radical (unpaired) electrons. The van der Waals surface area contributed by atoms with Crippen LogP contribution in [0.2, 0.25) is 0 Å². The van der Waals surface area contributed by atoms with Gasteiger partial charge in [0.1, 0.15) is 5.82 Å². The highest BCUT2D eigenvalue weighted by atomic mass is 19.1. The summed E-state index contributed by atoms with van der Waals surface area (Å²) >= 11 is 0. The van der Waals surface area contributed by atoms with E-state index in [1.54, 1.807) is 6.07 Å². The topological polar surface area (TPSA) is 38.8 Å². The van der Waals surface area contributed by atoms with E-state index in [2.05, 4.69) is 27.1 Å². The summed E-state index contributed by atoms with van der Waals surface area (Å²) in [5.74, 6) is -0.193. The highest BCUT2D eigenvalue weighted by Crippen LogP contribution is 2.19. The standard InChI is InChI=1S/C24H31FN4O/c1-27-13-15-29(16-14-27)22-10-8-19(9-11-22)24(30)26-21-6-4-12-28(18-21)17-20-5-2-3-7-23(20)25/h2-3,5,7-11,21H,4,6,12-18H2,1H3,(H,26,30). The number of piperazine rings is 1. The van der Waals surface area contributed by atoms with Crippen LogP contribution < -0.4 is 10.2 Å². The summed E-state index contributed by atoms with van der Waals surface area (Å²) in [6.07, 6.45) is 1.96. The smallest absolute Gasteiger partial charge is 0.251 e. The maximum absolute atomic E-state index is 14.0. The van der Waals surface area contributed by atoms with E-state index >= 15 is 0 Å². The van der Waals surface area contributed by atoms with E-state index in [1.807, 2.05) is 36.4 Å². The highest BCUT2D eigenvalue weighted by molar-refractivity contribution is 5.94. The van der Waals surface area contributed by atoms with Gasteiger partial charge in [0.2, 0.25) is 0 Å². The summed E-state index contributed by atoms with van der Waals surface area (Å²) in [4.78, 5) is 19.7. The second kappa shape index (κ2) is 9.58. The van der Waals surface area contributed by atoms with Gasteiger partial charge in [-0.2, -0.15) is 0 Å². The lowest BCUT2D eigenvalue weighted by Crippen LogP contribution is -2.47. The van der Waals surface area contributed by atoms with Crippen molar-refractivity contribution in [3.05, 3.63) is 65.5 Å². The van der Waals surface area contributed by atoms with Crippen LogP contribution in [-0.2, 0) is 6.54 Å². The van der Waals surface area contributed by atoms with E-state index in [9.17, 15) is 9.18 Å². The third-order valence-corrected chi connectivity index (χ3v) is 6.19. The van der Waals surface area contributed by atoms with Crippen LogP contribution in [0.15, 0.2) is 48.5 Å². The summed E-state index contributed by atoms with van der Waals surface area (Å²) in [6.45, 7) is 6.42. The molecule has 2 aromatic rings. The molecule has 1 amide bonds. The molecule has 1 atom stereocenters. The van der Waals surface area contributed by atoms with Crippen molar-refractivity contribution in [3.8, 4) is 0 Å². The Morgan fingerprint density at radius 2 is 1.77 bits per heavy atom. The van der Waals surface area contributed by atoms with Crippen LogP contribution in [0.5, 0.6) is 0 Å². The Balaban J connectivity index is 1.31. The third kappa shape index (κ3) is 5.18. The molecular formula is C24H31FN4O. The molecule has 2 aromatic carbocycles. The first-order valence-electron chi connectivity index (χ1n) is 10.9. The molecule has 2 aliphatic rings. The number of likely N-dealkylation sites (N-methyl/N-ethyl adjacent to an activating group) is 1. The van der Waals surface area contributed by atoms with Gasteiger partial charge in [0.05, 0.1) is 0 Å². The van der Waals surface area contributed by atoms with Gasteiger partial charge in [0.25, 0.3) is 5.91 Å². The molecule has 0 spiro atoms. The molecule has 5 nitrogen and oxygen atoms in total. The van der Waals surface area contributed by atoms with Crippen LogP contribution in [0.3, 0.4) is 0 Å². The number of hydrogen-bond donors (Lipinski definition) is 1. The van der Waals surface area contributed by atoms with Crippen molar-refractivity contribution in [2.75, 3.05) is 51.2 Å². The summed E-state index contributed by atoms with van der Waals surface area (Å²) in [5, 5.41) is 3.18. The molecule has 0 aromatic heterocycles. The zero-order valence-electron chi connectivity index (χ0n) is 17.7. The minimum atomic E-state index is -0.163. The Hall–Kier alpha value is -2.44. The molecule has 6 heteroatoms. The number of hydrogen-bond acceptors (Lipinski definition) is 4. The molecule has 30 heavy (non-hydrogen) atoms. The maximum atomic E-state index is 14.0. The fraction of sp³-hybridized carbons (Fsp3) is 0.458. The molecule has 1 unspecified atom stereocenters. The quantitative estimate of drug-likeness (QED) is 0.823. The average molecular weight is 411 g/mol. The molecule has 2 aliphatic heterocycles. The minimum absolute atomic E-state index is 0.0299. The van der Waals surface area contributed by atoms with E-state index in [1.165, 1.54) is 11.8 Å². The lowest BCUT2D eigenvalue weighted by molar-refractivity contribution is 0.0900. The van der Waals surface area contributed by atoms with Gasteiger partial charge in [-0.25, -0.2) is 4.39 Å². The van der Waals surface area contributed by atoms with Gasteiger partial charge >= 0.3 is 0 Å². The van der Waals surface area contributed by atoms with Crippen LogP contribution in [0.1, 0.15) is 28.8 Å². The van der Waals surface area contributed by atoms with Crippen molar-refractivity contribution in [2.45, 2.75) is 25.4 Å². The third-order valence-electron chi connectivity index (χ3n) is 6.19. The van der Waals surface area contributed by atoms with Crippen molar-refractivity contribution in [1.82, 2.24) is 15.1 Å². The van der Waals surface area contributed by atoms with Crippen LogP contribution >= 0.6 is 0 Å². The largest absolute Gasteiger partial charge is 0.369 e. The Morgan fingerprint density at radius 1 is 1.03 bits per heavy atom. The molecule has 2 heterocycles. The normalized spacial score (nSPS) is 20.9. The second-order valence-corrected chi connectivity index (χ2v) is 8.48. The van der Waals surface area contributed by atoms with Crippen molar-refractivity contribution in [2.24, 2.45) is 0 Å². The zero-order chi connectivity index (χ0) is 20.9. The molecule has 0 aliphatic carbocycles. The number of likely N-dealkylation sites (tertiary alicyclic amines) is 1. The molecule has 4 rings (SSSR count). The van der Waals surface area contributed by atoms with E-state index in [-0.39, 0.29) is 17.8 Å². The number of carbonyl (C=O) groups excluding carboxylic acids is 1. The van der Waals surface area contributed by atoms with Crippen molar-refractivity contribution >= 4 is 11.6 Å².